The van der Waals surface area contributed by atoms with Crippen LogP contribution in [0, 0.1) is 5.92 Å². The molecule has 0 aliphatic carbocycles. The first kappa shape index (κ1) is 35.2. The Labute approximate surface area is 284 Å². The van der Waals surface area contributed by atoms with Gasteiger partial charge in [0.1, 0.15) is 30.3 Å². The van der Waals surface area contributed by atoms with Crippen molar-refractivity contribution in [1.82, 2.24) is 55.7 Å². The fourth-order valence-corrected chi connectivity index (χ4v) is 5.95. The van der Waals surface area contributed by atoms with E-state index in [9.17, 15) is 24.0 Å². The number of aryl methyl sites for hydroxylation is 1. The van der Waals surface area contributed by atoms with Crippen LogP contribution in [0.15, 0.2) is 30.3 Å². The Morgan fingerprint density at radius 1 is 0.878 bits per heavy atom. The van der Waals surface area contributed by atoms with E-state index in [1.807, 2.05) is 44.2 Å². The molecular weight excluding hydrogens is 630 g/mol. The number of aromatic nitrogens is 6. The summed E-state index contributed by atoms with van der Waals surface area (Å²) in [5.74, 6) is -0.661. The van der Waals surface area contributed by atoms with Crippen LogP contribution in [-0.4, -0.2) is 95.7 Å². The summed E-state index contributed by atoms with van der Waals surface area (Å²) in [6.07, 6.45) is 3.24. The summed E-state index contributed by atoms with van der Waals surface area (Å²) in [4.78, 5) is 73.0. The number of rotatable bonds is 4. The lowest BCUT2D eigenvalue weighted by Crippen LogP contribution is -2.54. The van der Waals surface area contributed by atoms with Crippen LogP contribution in [0.25, 0.3) is 11.4 Å². The number of nitrogens with one attached hydrogen (secondary N) is 4. The third kappa shape index (κ3) is 8.86. The van der Waals surface area contributed by atoms with Gasteiger partial charge < -0.3 is 30.7 Å². The van der Waals surface area contributed by atoms with Crippen LogP contribution in [0.1, 0.15) is 81.7 Å². The summed E-state index contributed by atoms with van der Waals surface area (Å²) >= 11 is 0. The minimum Gasteiger partial charge on any atom is -0.354 e. The van der Waals surface area contributed by atoms with E-state index in [1.165, 1.54) is 16.5 Å². The van der Waals surface area contributed by atoms with E-state index in [2.05, 4.69) is 41.5 Å². The zero-order valence-electron chi connectivity index (χ0n) is 28.4. The summed E-state index contributed by atoms with van der Waals surface area (Å²) in [7, 11) is 0. The Hall–Kier alpha value is -5.15. The van der Waals surface area contributed by atoms with Gasteiger partial charge in [0.05, 0.1) is 12.6 Å². The molecule has 3 aromatic rings. The lowest BCUT2D eigenvalue weighted by atomic mass is 10.0. The number of hydrogen-bond donors (Lipinski definition) is 4. The summed E-state index contributed by atoms with van der Waals surface area (Å²) in [5, 5.41) is 24.2. The molecule has 262 valence electrons. The van der Waals surface area contributed by atoms with Crippen molar-refractivity contribution in [1.29, 1.82) is 0 Å². The zero-order valence-corrected chi connectivity index (χ0v) is 28.4. The Balaban J connectivity index is 1.42. The molecule has 4 N–H and O–H groups in total. The van der Waals surface area contributed by atoms with Gasteiger partial charge in [-0.05, 0) is 45.4 Å². The van der Waals surface area contributed by atoms with Crippen LogP contribution in [0.3, 0.4) is 0 Å². The predicted octanol–water partition coefficient (Wildman–Crippen LogP) is 0.748. The quantitative estimate of drug-likeness (QED) is 0.308. The molecular formula is C33H45N11O5. The third-order valence-electron chi connectivity index (χ3n) is 8.48. The smallest absolute Gasteiger partial charge is 0.292 e. The van der Waals surface area contributed by atoms with E-state index in [0.717, 1.165) is 24.2 Å². The lowest BCUT2D eigenvalue weighted by molar-refractivity contribution is -0.132. The minimum atomic E-state index is -0.997. The van der Waals surface area contributed by atoms with Crippen molar-refractivity contribution in [3.63, 3.8) is 0 Å². The molecule has 3 atom stereocenters. The van der Waals surface area contributed by atoms with Gasteiger partial charge >= 0.3 is 0 Å². The number of benzene rings is 1. The summed E-state index contributed by atoms with van der Waals surface area (Å²) in [6.45, 7) is 7.56. The molecule has 49 heavy (non-hydrogen) atoms. The van der Waals surface area contributed by atoms with Crippen molar-refractivity contribution >= 4 is 29.5 Å². The molecule has 5 rings (SSSR count). The van der Waals surface area contributed by atoms with E-state index < -0.39 is 41.8 Å². The Morgan fingerprint density at radius 2 is 1.65 bits per heavy atom. The van der Waals surface area contributed by atoms with Gasteiger partial charge in [-0.15, -0.1) is 10.2 Å². The van der Waals surface area contributed by atoms with Gasteiger partial charge in [0.2, 0.25) is 29.5 Å². The molecule has 0 spiro atoms. The third-order valence-corrected chi connectivity index (χ3v) is 8.48. The van der Waals surface area contributed by atoms with Crippen molar-refractivity contribution in [2.45, 2.75) is 91.0 Å². The van der Waals surface area contributed by atoms with Crippen molar-refractivity contribution in [2.24, 2.45) is 5.92 Å². The molecule has 2 aliphatic heterocycles. The molecule has 0 radical (unpaired) electrons. The van der Waals surface area contributed by atoms with E-state index in [1.54, 1.807) is 11.5 Å². The Morgan fingerprint density at radius 3 is 2.41 bits per heavy atom. The molecule has 0 fully saturated rings. The molecule has 4 heterocycles. The van der Waals surface area contributed by atoms with Gasteiger partial charge in [-0.1, -0.05) is 44.2 Å². The van der Waals surface area contributed by atoms with Crippen LogP contribution in [-0.2, 0) is 38.7 Å². The van der Waals surface area contributed by atoms with Crippen LogP contribution >= 0.6 is 0 Å². The fraction of sp³-hybridized carbons (Fsp3) is 0.545. The highest BCUT2D eigenvalue weighted by molar-refractivity contribution is 5.95. The summed E-state index contributed by atoms with van der Waals surface area (Å²) in [5.41, 5.74) is 0.746. The number of carbonyl (C=O) groups is 5. The number of nitrogens with zero attached hydrogens (tertiary/aromatic N) is 7. The first-order valence-electron chi connectivity index (χ1n) is 16.9. The maximum Gasteiger partial charge on any atom is 0.292 e. The average molecular weight is 676 g/mol. The first-order chi connectivity index (χ1) is 23.5. The predicted molar refractivity (Wildman–Crippen MR) is 177 cm³/mol. The monoisotopic (exact) mass is 675 g/mol. The molecule has 0 saturated carbocycles. The van der Waals surface area contributed by atoms with Crippen LogP contribution in [0.2, 0.25) is 0 Å². The molecule has 1 aromatic carbocycles. The molecule has 0 saturated heterocycles. The number of carbonyl (C=O) groups excluding carboxylic acids is 5. The van der Waals surface area contributed by atoms with E-state index in [4.69, 9.17) is 0 Å². The second-order valence-corrected chi connectivity index (χ2v) is 13.0. The largest absolute Gasteiger partial charge is 0.354 e. The molecule has 2 aliphatic rings. The van der Waals surface area contributed by atoms with Crippen LogP contribution < -0.4 is 21.3 Å². The van der Waals surface area contributed by atoms with Gasteiger partial charge in [-0.3, -0.25) is 24.0 Å². The number of hydrogen-bond acceptors (Lipinski definition) is 9. The van der Waals surface area contributed by atoms with E-state index >= 15 is 0 Å². The Kier molecular flexibility index (Phi) is 11.4. The second kappa shape index (κ2) is 15.8. The topological polar surface area (TPSA) is 198 Å². The maximum atomic E-state index is 13.7. The summed E-state index contributed by atoms with van der Waals surface area (Å²) in [6, 6.07) is 6.72. The first-order valence-corrected chi connectivity index (χ1v) is 16.9. The Bertz CT molecular complexity index is 1670. The summed E-state index contributed by atoms with van der Waals surface area (Å²) < 4.78 is 3.25. The molecule has 0 unspecified atom stereocenters. The SMILES string of the molecule is CC(C)C[C@H]1NC(=O)[C@@H](C)NC(=O)CN(C(=O)c2nnc3n2CCCC3)CCCNC(=O)Cn2nc(-c3ccccc3)nc2[C@H](C)NC1=O. The normalized spacial score (nSPS) is 21.7. The van der Waals surface area contributed by atoms with Crippen molar-refractivity contribution in [2.75, 3.05) is 19.6 Å². The van der Waals surface area contributed by atoms with Gasteiger partial charge in [0.25, 0.3) is 5.91 Å². The molecule has 16 heteroatoms. The molecule has 0 bridgehead atoms. The van der Waals surface area contributed by atoms with Gasteiger partial charge in [-0.2, -0.15) is 5.10 Å². The lowest BCUT2D eigenvalue weighted by Gasteiger charge is -2.25. The van der Waals surface area contributed by atoms with E-state index in [0.29, 0.717) is 37.5 Å². The second-order valence-electron chi connectivity index (χ2n) is 13.0. The van der Waals surface area contributed by atoms with Gasteiger partial charge in [0.15, 0.2) is 5.82 Å². The van der Waals surface area contributed by atoms with Crippen molar-refractivity contribution in [3.8, 4) is 11.4 Å². The van der Waals surface area contributed by atoms with Crippen LogP contribution in [0.5, 0.6) is 0 Å². The van der Waals surface area contributed by atoms with Gasteiger partial charge in [-0.25, -0.2) is 9.67 Å². The standard InChI is InChI=1S/C33H45N11O5/c1-20(2)17-24-32(48)36-21(3)29-38-28(23-11-6-5-7-12-23)41-44(29)19-26(45)34-14-10-15-42(18-27(46)35-22(4)31(47)37-24)33(49)30-40-39-25-13-8-9-16-43(25)30/h5-7,11-12,20-22,24H,8-10,13-19H2,1-4H3,(H,34,45)(H,35,46)(H,36,48)(H,37,47)/t21-,22+,24+/m0/s1. The van der Waals surface area contributed by atoms with E-state index in [-0.39, 0.29) is 43.8 Å². The molecule has 2 aromatic heterocycles. The molecule has 16 nitrogen and oxygen atoms in total. The average Bonchev–Trinajstić information content (AvgIpc) is 3.70. The minimum absolute atomic E-state index is 0.0531. The van der Waals surface area contributed by atoms with Crippen LogP contribution in [0.4, 0.5) is 0 Å². The highest BCUT2D eigenvalue weighted by atomic mass is 16.2. The highest BCUT2D eigenvalue weighted by Crippen LogP contribution is 2.20. The number of fused-ring (bicyclic) bond motifs is 2. The van der Waals surface area contributed by atoms with Gasteiger partial charge in [0, 0.05) is 31.6 Å². The van der Waals surface area contributed by atoms with Crippen molar-refractivity contribution < 1.29 is 24.0 Å². The fourth-order valence-electron chi connectivity index (χ4n) is 5.95. The van der Waals surface area contributed by atoms with Crippen molar-refractivity contribution in [3.05, 3.63) is 47.8 Å². The number of amides is 5. The highest BCUT2D eigenvalue weighted by Gasteiger charge is 2.30. The maximum absolute atomic E-state index is 13.7. The molecule has 5 amide bonds. The zero-order chi connectivity index (χ0) is 35.1.